The molecule has 156 valence electrons. The monoisotopic (exact) mass is 434 g/mol. The van der Waals surface area contributed by atoms with Crippen molar-refractivity contribution in [1.29, 1.82) is 0 Å². The van der Waals surface area contributed by atoms with Gasteiger partial charge in [0.2, 0.25) is 10.0 Å². The minimum Gasteiger partial charge on any atom is -0.272 e. The summed E-state index contributed by atoms with van der Waals surface area (Å²) >= 11 is 5.87. The maximum absolute atomic E-state index is 12.9. The maximum Gasteiger partial charge on any atom is 0.243 e. The molecule has 0 aromatic heterocycles. The number of hydrogen-bond acceptors (Lipinski definition) is 4. The molecule has 0 fully saturated rings. The molecule has 2 aromatic carbocycles. The topological polar surface area (TPSA) is 58.6 Å². The third-order valence-electron chi connectivity index (χ3n) is 4.91. The van der Waals surface area contributed by atoms with Gasteiger partial charge >= 0.3 is 0 Å². The van der Waals surface area contributed by atoms with Gasteiger partial charge in [-0.2, -0.15) is 4.31 Å². The first kappa shape index (κ1) is 21.8. The number of unbranched alkanes of at least 4 members (excludes halogenated alkanes) is 1. The van der Waals surface area contributed by atoms with E-state index in [1.54, 1.807) is 12.1 Å². The van der Waals surface area contributed by atoms with Gasteiger partial charge in [-0.05, 0) is 54.3 Å². The van der Waals surface area contributed by atoms with Crippen molar-refractivity contribution in [3.8, 4) is 0 Å². The van der Waals surface area contributed by atoms with Crippen molar-refractivity contribution in [2.75, 3.05) is 13.1 Å². The minimum atomic E-state index is -3.48. The van der Waals surface area contributed by atoms with Crippen molar-refractivity contribution >= 4 is 21.6 Å². The van der Waals surface area contributed by atoms with E-state index in [9.17, 15) is 8.42 Å². The van der Waals surface area contributed by atoms with Crippen LogP contribution in [0, 0.1) is 0 Å². The van der Waals surface area contributed by atoms with Crippen molar-refractivity contribution < 1.29 is 13.3 Å². The maximum atomic E-state index is 12.9. The molecule has 3 rings (SSSR count). The number of halogens is 1. The summed E-state index contributed by atoms with van der Waals surface area (Å²) in [5.41, 5.74) is 6.00. The Labute approximate surface area is 178 Å². The Bertz CT molecular complexity index is 926. The minimum absolute atomic E-state index is 0.326. The Kier molecular flexibility index (Phi) is 7.72. The fraction of sp³-hybridized carbons (Fsp3) is 0.364. The number of hydrogen-bond donors (Lipinski definition) is 1. The van der Waals surface area contributed by atoms with Crippen molar-refractivity contribution in [2.24, 2.45) is 0 Å². The summed E-state index contributed by atoms with van der Waals surface area (Å²) in [7, 11) is -3.48. The van der Waals surface area contributed by atoms with Crippen LogP contribution in [0.3, 0.4) is 0 Å². The van der Waals surface area contributed by atoms with Gasteiger partial charge in [0.1, 0.15) is 0 Å². The Balaban J connectivity index is 1.52. The molecule has 2 aromatic rings. The van der Waals surface area contributed by atoms with E-state index in [0.717, 1.165) is 30.5 Å². The van der Waals surface area contributed by atoms with Crippen LogP contribution in [0.15, 0.2) is 65.2 Å². The molecule has 29 heavy (non-hydrogen) atoms. The standard InChI is InChI=1S/C22H27ClN2O3S/c1-2-3-4-18-7-11-22(12-8-18)29(26,27)25-15-13-21(14-16-25)24-28-17-19-5-9-20(23)10-6-19/h5-13,24H,2-4,14-17H2,1H3. The number of hydroxylamine groups is 1. The second-order valence-corrected chi connectivity index (χ2v) is 9.48. The lowest BCUT2D eigenvalue weighted by Crippen LogP contribution is -2.36. The van der Waals surface area contributed by atoms with Gasteiger partial charge in [-0.3, -0.25) is 10.3 Å². The summed E-state index contributed by atoms with van der Waals surface area (Å²) in [6, 6.07) is 14.7. The van der Waals surface area contributed by atoms with E-state index in [0.29, 0.717) is 36.0 Å². The van der Waals surface area contributed by atoms with Crippen LogP contribution in [0.5, 0.6) is 0 Å². The highest BCUT2D eigenvalue weighted by atomic mass is 35.5. The highest BCUT2D eigenvalue weighted by Crippen LogP contribution is 2.21. The van der Waals surface area contributed by atoms with Gasteiger partial charge in [0, 0.05) is 30.2 Å². The zero-order valence-electron chi connectivity index (χ0n) is 16.6. The van der Waals surface area contributed by atoms with Gasteiger partial charge in [-0.25, -0.2) is 8.42 Å². The first-order valence-electron chi connectivity index (χ1n) is 9.89. The molecule has 7 heteroatoms. The summed E-state index contributed by atoms with van der Waals surface area (Å²) in [4.78, 5) is 5.87. The second-order valence-electron chi connectivity index (χ2n) is 7.11. The predicted molar refractivity (Wildman–Crippen MR) is 116 cm³/mol. The fourth-order valence-electron chi connectivity index (χ4n) is 3.11. The van der Waals surface area contributed by atoms with Crippen LogP contribution in [0.1, 0.15) is 37.3 Å². The Morgan fingerprint density at radius 3 is 2.38 bits per heavy atom. The molecule has 1 N–H and O–H groups in total. The number of benzene rings is 2. The third kappa shape index (κ3) is 6.06. The average Bonchev–Trinajstić information content (AvgIpc) is 2.74. The first-order chi connectivity index (χ1) is 14.0. The molecular formula is C22H27ClN2O3S. The summed E-state index contributed by atoms with van der Waals surface area (Å²) in [6.07, 6.45) is 5.65. The Hall–Kier alpha value is -1.86. The second kappa shape index (κ2) is 10.3. The smallest absolute Gasteiger partial charge is 0.243 e. The van der Waals surface area contributed by atoms with Crippen molar-refractivity contribution in [1.82, 2.24) is 9.79 Å². The van der Waals surface area contributed by atoms with E-state index in [1.165, 1.54) is 9.87 Å². The fourth-order valence-corrected chi connectivity index (χ4v) is 4.62. The van der Waals surface area contributed by atoms with Crippen LogP contribution in [0.25, 0.3) is 0 Å². The number of sulfonamides is 1. The Morgan fingerprint density at radius 1 is 1.07 bits per heavy atom. The molecule has 0 spiro atoms. The zero-order chi connectivity index (χ0) is 20.7. The summed E-state index contributed by atoms with van der Waals surface area (Å²) in [6.45, 7) is 3.30. The number of rotatable bonds is 9. The summed E-state index contributed by atoms with van der Waals surface area (Å²) in [5, 5.41) is 0.689. The quantitative estimate of drug-likeness (QED) is 0.582. The molecule has 0 amide bonds. The first-order valence-corrected chi connectivity index (χ1v) is 11.7. The molecule has 5 nitrogen and oxygen atoms in total. The lowest BCUT2D eigenvalue weighted by Gasteiger charge is -2.26. The van der Waals surface area contributed by atoms with Gasteiger partial charge in [-0.15, -0.1) is 0 Å². The van der Waals surface area contributed by atoms with E-state index in [4.69, 9.17) is 16.4 Å². The van der Waals surface area contributed by atoms with Crippen LogP contribution in [-0.4, -0.2) is 25.8 Å². The summed E-state index contributed by atoms with van der Waals surface area (Å²) < 4.78 is 27.3. The molecule has 1 heterocycles. The Morgan fingerprint density at radius 2 is 1.76 bits per heavy atom. The van der Waals surface area contributed by atoms with Crippen LogP contribution in [0.2, 0.25) is 5.02 Å². The number of aryl methyl sites for hydroxylation is 1. The van der Waals surface area contributed by atoms with Gasteiger partial charge in [0.05, 0.1) is 11.5 Å². The molecule has 0 saturated carbocycles. The normalized spacial score (nSPS) is 15.2. The molecule has 1 aliphatic heterocycles. The van der Waals surface area contributed by atoms with E-state index >= 15 is 0 Å². The average molecular weight is 435 g/mol. The molecule has 0 atom stereocenters. The molecular weight excluding hydrogens is 408 g/mol. The largest absolute Gasteiger partial charge is 0.272 e. The molecule has 1 aliphatic rings. The van der Waals surface area contributed by atoms with Gasteiger partial charge < -0.3 is 0 Å². The third-order valence-corrected chi connectivity index (χ3v) is 7.04. The highest BCUT2D eigenvalue weighted by molar-refractivity contribution is 7.89. The van der Waals surface area contributed by atoms with E-state index in [2.05, 4.69) is 12.4 Å². The SMILES string of the molecule is CCCCc1ccc(S(=O)(=O)N2CC=C(NOCc3ccc(Cl)cc3)CC2)cc1. The molecule has 0 bridgehead atoms. The predicted octanol–water partition coefficient (Wildman–Crippen LogP) is 4.68. The molecule has 0 aliphatic carbocycles. The van der Waals surface area contributed by atoms with E-state index in [1.807, 2.05) is 42.5 Å². The van der Waals surface area contributed by atoms with Gasteiger partial charge in [0.25, 0.3) is 0 Å². The summed E-state index contributed by atoms with van der Waals surface area (Å²) in [5.74, 6) is 0. The zero-order valence-corrected chi connectivity index (χ0v) is 18.2. The van der Waals surface area contributed by atoms with Crippen molar-refractivity contribution in [3.63, 3.8) is 0 Å². The lowest BCUT2D eigenvalue weighted by molar-refractivity contribution is 0.0453. The van der Waals surface area contributed by atoms with E-state index in [-0.39, 0.29) is 0 Å². The molecule has 0 unspecified atom stereocenters. The van der Waals surface area contributed by atoms with Gasteiger partial charge in [0.15, 0.2) is 0 Å². The molecule has 0 radical (unpaired) electrons. The lowest BCUT2D eigenvalue weighted by atomic mass is 10.1. The highest BCUT2D eigenvalue weighted by Gasteiger charge is 2.26. The van der Waals surface area contributed by atoms with Gasteiger partial charge in [-0.1, -0.05) is 49.2 Å². The van der Waals surface area contributed by atoms with Crippen LogP contribution in [-0.2, 0) is 27.9 Å². The molecule has 0 saturated heterocycles. The van der Waals surface area contributed by atoms with Crippen molar-refractivity contribution in [3.05, 3.63) is 76.5 Å². The van der Waals surface area contributed by atoms with E-state index < -0.39 is 10.0 Å². The number of nitrogens with zero attached hydrogens (tertiary/aromatic N) is 1. The van der Waals surface area contributed by atoms with Crippen molar-refractivity contribution in [2.45, 2.75) is 44.1 Å². The van der Waals surface area contributed by atoms with Crippen LogP contribution < -0.4 is 5.48 Å². The van der Waals surface area contributed by atoms with Crippen LogP contribution >= 0.6 is 11.6 Å². The number of nitrogens with one attached hydrogen (secondary N) is 1. The van der Waals surface area contributed by atoms with Crippen LogP contribution in [0.4, 0.5) is 0 Å².